The number of hydrogen-bond acceptors (Lipinski definition) is 4. The van der Waals surface area contributed by atoms with Crippen molar-refractivity contribution in [2.45, 2.75) is 0 Å². The summed E-state index contributed by atoms with van der Waals surface area (Å²) >= 11 is 1.40. The molecule has 0 aromatic heterocycles. The van der Waals surface area contributed by atoms with Gasteiger partial charge in [0.1, 0.15) is 6.07 Å². The summed E-state index contributed by atoms with van der Waals surface area (Å²) in [6.45, 7) is 0. The van der Waals surface area contributed by atoms with Crippen LogP contribution in [0.4, 0.5) is 0 Å². The highest BCUT2D eigenvalue weighted by Crippen LogP contribution is 2.29. The van der Waals surface area contributed by atoms with Crippen molar-refractivity contribution in [3.05, 3.63) is 23.3 Å². The maximum absolute atomic E-state index is 8.98. The molecule has 0 spiro atoms. The Kier molecular flexibility index (Phi) is 4.57. The predicted octanol–water partition coefficient (Wildman–Crippen LogP) is 2.25. The third-order valence-electron chi connectivity index (χ3n) is 1.93. The van der Waals surface area contributed by atoms with Crippen LogP contribution in [0.1, 0.15) is 11.1 Å². The molecule has 0 atom stereocenters. The van der Waals surface area contributed by atoms with Crippen molar-refractivity contribution in [3.63, 3.8) is 0 Å². The van der Waals surface area contributed by atoms with Crippen molar-refractivity contribution in [2.75, 3.05) is 20.5 Å². The van der Waals surface area contributed by atoms with Crippen molar-refractivity contribution in [1.29, 1.82) is 5.26 Å². The van der Waals surface area contributed by atoms with Gasteiger partial charge >= 0.3 is 0 Å². The number of hydrogen-bond donors (Lipinski definition) is 0. The van der Waals surface area contributed by atoms with Crippen molar-refractivity contribution >= 4 is 11.8 Å². The fourth-order valence-electron chi connectivity index (χ4n) is 1.18. The molecule has 0 radical (unpaired) electrons. The molecule has 16 heavy (non-hydrogen) atoms. The van der Waals surface area contributed by atoms with Crippen LogP contribution >= 0.6 is 11.8 Å². The molecule has 0 heterocycles. The highest BCUT2D eigenvalue weighted by atomic mass is 32.2. The van der Waals surface area contributed by atoms with Crippen molar-refractivity contribution < 1.29 is 9.47 Å². The first kappa shape index (κ1) is 12.3. The molecular weight excluding hydrogens is 222 g/mol. The fraction of sp³-hybridized carbons (Fsp3) is 0.250. The van der Waals surface area contributed by atoms with Crippen LogP contribution in [0.15, 0.2) is 12.1 Å². The topological polar surface area (TPSA) is 42.2 Å². The summed E-state index contributed by atoms with van der Waals surface area (Å²) in [5.74, 6) is 4.01. The normalized spacial score (nSPS) is 8.62. The monoisotopic (exact) mass is 233 g/mol. The van der Waals surface area contributed by atoms with E-state index in [1.807, 2.05) is 6.26 Å². The van der Waals surface area contributed by atoms with E-state index >= 15 is 0 Å². The second kappa shape index (κ2) is 5.95. The average Bonchev–Trinajstić information content (AvgIpc) is 2.35. The number of nitriles is 1. The molecule has 0 aliphatic carbocycles. The van der Waals surface area contributed by atoms with Gasteiger partial charge < -0.3 is 9.47 Å². The maximum Gasteiger partial charge on any atom is 0.162 e. The van der Waals surface area contributed by atoms with Crippen LogP contribution in [0.25, 0.3) is 0 Å². The Morgan fingerprint density at radius 1 is 1.12 bits per heavy atom. The number of nitrogens with zero attached hydrogens (tertiary/aromatic N) is 1. The number of ether oxygens (including phenoxy) is 2. The summed E-state index contributed by atoms with van der Waals surface area (Å²) in [7, 11) is 3.09. The molecule has 0 unspecified atom stereocenters. The highest BCUT2D eigenvalue weighted by molar-refractivity contribution is 8.03. The van der Waals surface area contributed by atoms with Crippen LogP contribution in [0.5, 0.6) is 11.5 Å². The Labute approximate surface area is 99.4 Å². The number of thioether (sulfide) groups is 1. The molecule has 0 fully saturated rings. The van der Waals surface area contributed by atoms with Crippen LogP contribution < -0.4 is 9.47 Å². The molecule has 0 bridgehead atoms. The smallest absolute Gasteiger partial charge is 0.162 e. The van der Waals surface area contributed by atoms with Crippen LogP contribution in [0.3, 0.4) is 0 Å². The van der Waals surface area contributed by atoms with Crippen LogP contribution in [-0.2, 0) is 0 Å². The first-order valence-electron chi connectivity index (χ1n) is 4.47. The van der Waals surface area contributed by atoms with Gasteiger partial charge in [-0.3, -0.25) is 0 Å². The van der Waals surface area contributed by atoms with Crippen molar-refractivity contribution in [1.82, 2.24) is 0 Å². The molecule has 1 rings (SSSR count). The van der Waals surface area contributed by atoms with E-state index in [-0.39, 0.29) is 0 Å². The predicted molar refractivity (Wildman–Crippen MR) is 64.7 cm³/mol. The van der Waals surface area contributed by atoms with Gasteiger partial charge in [0.2, 0.25) is 0 Å². The molecule has 1 aromatic rings. The van der Waals surface area contributed by atoms with E-state index in [1.165, 1.54) is 18.9 Å². The van der Waals surface area contributed by atoms with Crippen molar-refractivity contribution in [3.8, 4) is 28.7 Å². The van der Waals surface area contributed by atoms with E-state index in [1.54, 1.807) is 19.2 Å². The molecule has 82 valence electrons. The van der Waals surface area contributed by atoms with Crippen LogP contribution in [0.2, 0.25) is 0 Å². The zero-order chi connectivity index (χ0) is 12.0. The highest BCUT2D eigenvalue weighted by Gasteiger charge is 2.09. The Morgan fingerprint density at radius 3 is 2.12 bits per heavy atom. The second-order valence-corrected chi connectivity index (χ2v) is 3.41. The standard InChI is InChI=1S/C12H11NO2S/c1-14-11-6-9(4-5-16-3)10(8-13)7-12(11)15-2/h6-7H,1-3H3. The number of benzene rings is 1. The summed E-state index contributed by atoms with van der Waals surface area (Å²) in [5.41, 5.74) is 1.13. The van der Waals surface area contributed by atoms with Crippen LogP contribution in [0, 0.1) is 22.5 Å². The number of methoxy groups -OCH3 is 2. The maximum atomic E-state index is 8.98. The van der Waals surface area contributed by atoms with Gasteiger partial charge in [0.05, 0.1) is 19.8 Å². The van der Waals surface area contributed by atoms with E-state index in [9.17, 15) is 0 Å². The Hall–Kier alpha value is -1.78. The summed E-state index contributed by atoms with van der Waals surface area (Å²) in [6, 6.07) is 5.42. The molecule has 1 aromatic carbocycles. The van der Waals surface area contributed by atoms with E-state index in [2.05, 4.69) is 17.2 Å². The molecule has 0 saturated carbocycles. The molecule has 0 amide bonds. The minimum Gasteiger partial charge on any atom is -0.493 e. The zero-order valence-corrected chi connectivity index (χ0v) is 10.1. The third-order valence-corrected chi connectivity index (χ3v) is 2.24. The molecule has 0 aliphatic rings. The van der Waals surface area contributed by atoms with Gasteiger partial charge in [-0.2, -0.15) is 5.26 Å². The van der Waals surface area contributed by atoms with Gasteiger partial charge in [-0.25, -0.2) is 0 Å². The van der Waals surface area contributed by atoms with Gasteiger partial charge in [0.15, 0.2) is 11.5 Å². The van der Waals surface area contributed by atoms with Crippen LogP contribution in [-0.4, -0.2) is 20.5 Å². The SMILES string of the molecule is COc1cc(C#N)c(C#CSC)cc1OC. The summed E-state index contributed by atoms with van der Waals surface area (Å²) in [6.07, 6.45) is 1.87. The molecule has 0 aliphatic heterocycles. The zero-order valence-electron chi connectivity index (χ0n) is 9.33. The summed E-state index contributed by atoms with van der Waals surface area (Å²) in [4.78, 5) is 0. The van der Waals surface area contributed by atoms with Gasteiger partial charge in [-0.15, -0.1) is 0 Å². The lowest BCUT2D eigenvalue weighted by Gasteiger charge is -2.08. The van der Waals surface area contributed by atoms with Crippen molar-refractivity contribution in [2.24, 2.45) is 0 Å². The van der Waals surface area contributed by atoms with Gasteiger partial charge in [0, 0.05) is 17.7 Å². The van der Waals surface area contributed by atoms with Gasteiger partial charge in [-0.05, 0) is 11.5 Å². The first-order chi connectivity index (χ1) is 7.76. The largest absolute Gasteiger partial charge is 0.493 e. The Bertz CT molecular complexity index is 480. The van der Waals surface area contributed by atoms with E-state index in [0.717, 1.165) is 0 Å². The van der Waals surface area contributed by atoms with Gasteiger partial charge in [-0.1, -0.05) is 17.7 Å². The Balaban J connectivity index is 3.33. The fourth-order valence-corrected chi connectivity index (χ4v) is 1.39. The quantitative estimate of drug-likeness (QED) is 0.735. The lowest BCUT2D eigenvalue weighted by molar-refractivity contribution is 0.355. The van der Waals surface area contributed by atoms with E-state index < -0.39 is 0 Å². The number of rotatable bonds is 2. The average molecular weight is 233 g/mol. The minimum atomic E-state index is 0.485. The summed E-state index contributed by atoms with van der Waals surface area (Å²) < 4.78 is 10.3. The summed E-state index contributed by atoms with van der Waals surface area (Å²) in [5, 5.41) is 11.8. The third kappa shape index (κ3) is 2.62. The minimum absolute atomic E-state index is 0.485. The van der Waals surface area contributed by atoms with Gasteiger partial charge in [0.25, 0.3) is 0 Å². The van der Waals surface area contributed by atoms with E-state index in [0.29, 0.717) is 22.6 Å². The first-order valence-corrected chi connectivity index (χ1v) is 5.69. The lowest BCUT2D eigenvalue weighted by Crippen LogP contribution is -1.93. The lowest BCUT2D eigenvalue weighted by atomic mass is 10.1. The second-order valence-electron chi connectivity index (χ2n) is 2.80. The molecule has 0 N–H and O–H groups in total. The van der Waals surface area contributed by atoms with E-state index in [4.69, 9.17) is 14.7 Å². The molecule has 3 nitrogen and oxygen atoms in total. The molecular formula is C12H11NO2S. The Morgan fingerprint density at radius 2 is 1.69 bits per heavy atom. The molecule has 4 heteroatoms. The molecule has 0 saturated heterocycles.